The van der Waals surface area contributed by atoms with E-state index in [1.807, 2.05) is 10.7 Å². The fourth-order valence-corrected chi connectivity index (χ4v) is 3.86. The SMILES string of the molecule is CC(C)c1c(-c2ccccc2F)nn2c1OCC(CN1CCOCC1)C2. The molecule has 0 aliphatic carbocycles. The van der Waals surface area contributed by atoms with Gasteiger partial charge >= 0.3 is 0 Å². The summed E-state index contributed by atoms with van der Waals surface area (Å²) in [7, 11) is 0. The third kappa shape index (κ3) is 3.35. The van der Waals surface area contributed by atoms with Gasteiger partial charge < -0.3 is 9.47 Å². The van der Waals surface area contributed by atoms with Gasteiger partial charge in [0.05, 0.1) is 26.4 Å². The number of ether oxygens (including phenoxy) is 2. The first-order valence-electron chi connectivity index (χ1n) is 9.42. The second-order valence-corrected chi connectivity index (χ2v) is 7.47. The van der Waals surface area contributed by atoms with Crippen molar-refractivity contribution in [3.05, 3.63) is 35.6 Å². The number of aromatic nitrogens is 2. The Balaban J connectivity index is 1.61. The van der Waals surface area contributed by atoms with Gasteiger partial charge in [-0.2, -0.15) is 5.10 Å². The Labute approximate surface area is 153 Å². The molecular weight excluding hydrogens is 333 g/mol. The van der Waals surface area contributed by atoms with Crippen LogP contribution in [-0.4, -0.2) is 54.1 Å². The minimum atomic E-state index is -0.241. The van der Waals surface area contributed by atoms with E-state index in [1.165, 1.54) is 6.07 Å². The van der Waals surface area contributed by atoms with Crippen LogP contribution in [0.5, 0.6) is 5.88 Å². The summed E-state index contributed by atoms with van der Waals surface area (Å²) in [5.74, 6) is 1.16. The molecular formula is C20H26FN3O2. The zero-order valence-electron chi connectivity index (χ0n) is 15.4. The summed E-state index contributed by atoms with van der Waals surface area (Å²) >= 11 is 0. The normalized spacial score (nSPS) is 20.8. The monoisotopic (exact) mass is 359 g/mol. The lowest BCUT2D eigenvalue weighted by atomic mass is 9.98. The Morgan fingerprint density at radius 3 is 2.73 bits per heavy atom. The summed E-state index contributed by atoms with van der Waals surface area (Å²) in [4.78, 5) is 2.42. The fourth-order valence-electron chi connectivity index (χ4n) is 3.86. The molecule has 2 aromatic rings. The molecule has 1 saturated heterocycles. The van der Waals surface area contributed by atoms with Gasteiger partial charge in [-0.1, -0.05) is 26.0 Å². The fraction of sp³-hybridized carbons (Fsp3) is 0.550. The quantitative estimate of drug-likeness (QED) is 0.841. The Hall–Kier alpha value is -1.92. The minimum absolute atomic E-state index is 0.212. The maximum Gasteiger partial charge on any atom is 0.215 e. The molecule has 4 rings (SSSR count). The van der Waals surface area contributed by atoms with Crippen molar-refractivity contribution in [3.63, 3.8) is 0 Å². The summed E-state index contributed by atoms with van der Waals surface area (Å²) in [6, 6.07) is 6.84. The molecule has 1 unspecified atom stereocenters. The first-order chi connectivity index (χ1) is 12.6. The van der Waals surface area contributed by atoms with Gasteiger partial charge in [0.15, 0.2) is 0 Å². The van der Waals surface area contributed by atoms with Gasteiger partial charge in [-0.25, -0.2) is 9.07 Å². The van der Waals surface area contributed by atoms with Crippen LogP contribution < -0.4 is 4.74 Å². The summed E-state index contributed by atoms with van der Waals surface area (Å²) in [6.45, 7) is 10.2. The van der Waals surface area contributed by atoms with Crippen molar-refractivity contribution in [1.82, 2.24) is 14.7 Å². The molecule has 3 heterocycles. The molecule has 0 bridgehead atoms. The van der Waals surface area contributed by atoms with Crippen LogP contribution in [0.3, 0.4) is 0 Å². The molecule has 140 valence electrons. The number of rotatable bonds is 4. The maximum atomic E-state index is 14.4. The van der Waals surface area contributed by atoms with Crippen LogP contribution in [0.15, 0.2) is 24.3 Å². The molecule has 1 aromatic heterocycles. The van der Waals surface area contributed by atoms with Crippen molar-refractivity contribution in [2.75, 3.05) is 39.5 Å². The Morgan fingerprint density at radius 1 is 1.23 bits per heavy atom. The standard InChI is InChI=1S/C20H26FN3O2/c1-14(2)18-19(16-5-3-4-6-17(16)21)22-24-12-15(13-26-20(18)24)11-23-7-9-25-10-8-23/h3-6,14-15H,7-13H2,1-2H3. The van der Waals surface area contributed by atoms with Gasteiger partial charge in [0.2, 0.25) is 5.88 Å². The first-order valence-corrected chi connectivity index (χ1v) is 9.42. The summed E-state index contributed by atoms with van der Waals surface area (Å²) in [5, 5.41) is 4.75. The average Bonchev–Trinajstić information content (AvgIpc) is 3.01. The molecule has 0 radical (unpaired) electrons. The number of halogens is 1. The van der Waals surface area contributed by atoms with Crippen molar-refractivity contribution in [2.45, 2.75) is 26.3 Å². The predicted molar refractivity (Wildman–Crippen MR) is 98.0 cm³/mol. The van der Waals surface area contributed by atoms with Crippen molar-refractivity contribution in [2.24, 2.45) is 5.92 Å². The molecule has 2 aliphatic rings. The average molecular weight is 359 g/mol. The van der Waals surface area contributed by atoms with E-state index in [2.05, 4.69) is 18.7 Å². The highest BCUT2D eigenvalue weighted by Gasteiger charge is 2.30. The van der Waals surface area contributed by atoms with Crippen LogP contribution >= 0.6 is 0 Å². The lowest BCUT2D eigenvalue weighted by molar-refractivity contribution is 0.0201. The van der Waals surface area contributed by atoms with E-state index in [0.717, 1.165) is 50.8 Å². The third-order valence-corrected chi connectivity index (χ3v) is 5.15. The molecule has 0 spiro atoms. The second kappa shape index (κ2) is 7.37. The zero-order valence-corrected chi connectivity index (χ0v) is 15.4. The number of hydrogen-bond acceptors (Lipinski definition) is 4. The smallest absolute Gasteiger partial charge is 0.215 e. The van der Waals surface area contributed by atoms with E-state index in [4.69, 9.17) is 14.6 Å². The molecule has 2 aliphatic heterocycles. The van der Waals surface area contributed by atoms with Gasteiger partial charge in [-0.3, -0.25) is 4.90 Å². The van der Waals surface area contributed by atoms with Crippen molar-refractivity contribution in [1.29, 1.82) is 0 Å². The Morgan fingerprint density at radius 2 is 2.00 bits per heavy atom. The summed E-state index contributed by atoms with van der Waals surface area (Å²) in [5.41, 5.74) is 2.26. The highest BCUT2D eigenvalue weighted by Crippen LogP contribution is 2.39. The number of morpholine rings is 1. The highest BCUT2D eigenvalue weighted by molar-refractivity contribution is 5.67. The van der Waals surface area contributed by atoms with Gasteiger partial charge in [-0.05, 0) is 18.1 Å². The van der Waals surface area contributed by atoms with Gasteiger partial charge in [-0.15, -0.1) is 0 Å². The second-order valence-electron chi connectivity index (χ2n) is 7.47. The predicted octanol–water partition coefficient (Wildman–Crippen LogP) is 3.15. The van der Waals surface area contributed by atoms with Crippen LogP contribution in [0.2, 0.25) is 0 Å². The van der Waals surface area contributed by atoms with Gasteiger partial charge in [0.25, 0.3) is 0 Å². The van der Waals surface area contributed by atoms with E-state index in [0.29, 0.717) is 23.8 Å². The molecule has 1 atom stereocenters. The van der Waals surface area contributed by atoms with Crippen molar-refractivity contribution in [3.8, 4) is 17.1 Å². The molecule has 26 heavy (non-hydrogen) atoms. The zero-order chi connectivity index (χ0) is 18.1. The molecule has 0 saturated carbocycles. The van der Waals surface area contributed by atoms with Crippen molar-refractivity contribution < 1.29 is 13.9 Å². The van der Waals surface area contributed by atoms with E-state index in [-0.39, 0.29) is 11.7 Å². The molecule has 1 fully saturated rings. The third-order valence-electron chi connectivity index (χ3n) is 5.15. The number of hydrogen-bond donors (Lipinski definition) is 0. The molecule has 0 N–H and O–H groups in total. The minimum Gasteiger partial charge on any atom is -0.477 e. The topological polar surface area (TPSA) is 39.5 Å². The molecule has 0 amide bonds. The first kappa shape index (κ1) is 17.5. The Bertz CT molecular complexity index is 768. The van der Waals surface area contributed by atoms with Gasteiger partial charge in [0.1, 0.15) is 11.5 Å². The van der Waals surface area contributed by atoms with Gasteiger partial charge in [0, 0.05) is 36.7 Å². The van der Waals surface area contributed by atoms with E-state index >= 15 is 0 Å². The van der Waals surface area contributed by atoms with E-state index in [1.54, 1.807) is 12.1 Å². The van der Waals surface area contributed by atoms with Crippen LogP contribution in [0.4, 0.5) is 4.39 Å². The van der Waals surface area contributed by atoms with Crippen LogP contribution in [0.1, 0.15) is 25.3 Å². The largest absolute Gasteiger partial charge is 0.477 e. The van der Waals surface area contributed by atoms with E-state index < -0.39 is 0 Å². The Kier molecular flexibility index (Phi) is 4.96. The summed E-state index contributed by atoms with van der Waals surface area (Å²) in [6.07, 6.45) is 0. The molecule has 1 aromatic carbocycles. The van der Waals surface area contributed by atoms with Crippen LogP contribution in [-0.2, 0) is 11.3 Å². The van der Waals surface area contributed by atoms with Crippen molar-refractivity contribution >= 4 is 0 Å². The highest BCUT2D eigenvalue weighted by atomic mass is 19.1. The molecule has 6 heteroatoms. The number of benzene rings is 1. The maximum absolute atomic E-state index is 14.4. The lowest BCUT2D eigenvalue weighted by Gasteiger charge is -2.32. The van der Waals surface area contributed by atoms with E-state index in [9.17, 15) is 4.39 Å². The lowest BCUT2D eigenvalue weighted by Crippen LogP contribution is -2.42. The summed E-state index contributed by atoms with van der Waals surface area (Å²) < 4.78 is 27.9. The molecule has 5 nitrogen and oxygen atoms in total. The number of fused-ring (bicyclic) bond motifs is 1. The number of nitrogens with zero attached hydrogens (tertiary/aromatic N) is 3. The van der Waals surface area contributed by atoms with Crippen LogP contribution in [0.25, 0.3) is 11.3 Å². The van der Waals surface area contributed by atoms with Crippen LogP contribution in [0, 0.1) is 11.7 Å².